The molecule has 1 aliphatic heterocycles. The highest BCUT2D eigenvalue weighted by atomic mass is 19.4. The molecule has 1 aliphatic rings. The van der Waals surface area contributed by atoms with Crippen LogP contribution in [-0.2, 0) is 9.53 Å². The number of carbonyl (C=O) groups excluding carboxylic acids is 1. The second-order valence-corrected chi connectivity index (χ2v) is 3.48. The second kappa shape index (κ2) is 4.73. The predicted molar refractivity (Wildman–Crippen MR) is 44.4 cm³/mol. The number of aliphatic hydroxyl groups is 1. The fourth-order valence-corrected chi connectivity index (χ4v) is 1.38. The van der Waals surface area contributed by atoms with E-state index < -0.39 is 37.2 Å². The lowest BCUT2D eigenvalue weighted by molar-refractivity contribution is -0.276. The molecule has 1 heterocycles. The molecule has 0 aliphatic carbocycles. The third-order valence-corrected chi connectivity index (χ3v) is 2.32. The molecule has 1 amide bonds. The molecule has 9 heteroatoms. The topological polar surface area (TPSA) is 49.8 Å². The number of ether oxygens (including phenoxy) is 1. The maximum atomic E-state index is 12.8. The molecule has 100 valence electrons. The Hall–Kier alpha value is -0.960. The Morgan fingerprint density at radius 1 is 1.35 bits per heavy atom. The minimum Gasteiger partial charge on any atom is -0.394 e. The van der Waals surface area contributed by atoms with Gasteiger partial charge in [-0.3, -0.25) is 4.79 Å². The minimum absolute atomic E-state index is 0.143. The normalized spacial score (nSPS) is 22.7. The Kier molecular flexibility index (Phi) is 3.92. The standard InChI is InChI=1S/C8H10F5NO3/c9-7(10,8(11,12)13)6(16)14-1-2-17-4-5(14)3-15/h5,15H,1-4H2. The molecular weight excluding hydrogens is 253 g/mol. The molecule has 0 aromatic heterocycles. The minimum atomic E-state index is -5.94. The SMILES string of the molecule is O=C(N1CCOCC1CO)C(F)(F)C(F)(F)F. The number of rotatable bonds is 2. The highest BCUT2D eigenvalue weighted by Gasteiger charge is 2.65. The quantitative estimate of drug-likeness (QED) is 0.734. The van der Waals surface area contributed by atoms with E-state index in [1.54, 1.807) is 0 Å². The molecule has 0 radical (unpaired) electrons. The van der Waals surface area contributed by atoms with Gasteiger partial charge >= 0.3 is 18.0 Å². The van der Waals surface area contributed by atoms with E-state index in [-0.39, 0.29) is 13.2 Å². The molecule has 1 N–H and O–H groups in total. The van der Waals surface area contributed by atoms with E-state index in [4.69, 9.17) is 9.84 Å². The summed E-state index contributed by atoms with van der Waals surface area (Å²) in [5.74, 6) is -7.80. The van der Waals surface area contributed by atoms with Crippen molar-refractivity contribution in [2.45, 2.75) is 18.1 Å². The van der Waals surface area contributed by atoms with Crippen molar-refractivity contribution >= 4 is 5.91 Å². The molecule has 1 rings (SSSR count). The van der Waals surface area contributed by atoms with E-state index in [0.29, 0.717) is 4.90 Å². The van der Waals surface area contributed by atoms with Gasteiger partial charge in [0.15, 0.2) is 0 Å². The average molecular weight is 263 g/mol. The summed E-state index contributed by atoms with van der Waals surface area (Å²) in [6, 6.07) is -1.18. The number of aliphatic hydroxyl groups excluding tert-OH is 1. The van der Waals surface area contributed by atoms with Crippen LogP contribution in [0.5, 0.6) is 0 Å². The average Bonchev–Trinajstić information content (AvgIpc) is 2.26. The molecule has 1 atom stereocenters. The third kappa shape index (κ3) is 2.65. The van der Waals surface area contributed by atoms with Crippen LogP contribution >= 0.6 is 0 Å². The van der Waals surface area contributed by atoms with Crippen LogP contribution in [0.3, 0.4) is 0 Å². The van der Waals surface area contributed by atoms with E-state index in [1.165, 1.54) is 0 Å². The lowest BCUT2D eigenvalue weighted by Gasteiger charge is -2.36. The fourth-order valence-electron chi connectivity index (χ4n) is 1.38. The van der Waals surface area contributed by atoms with Gasteiger partial charge in [0.25, 0.3) is 0 Å². The van der Waals surface area contributed by atoms with Crippen LogP contribution in [0.2, 0.25) is 0 Å². The molecule has 0 aromatic rings. The van der Waals surface area contributed by atoms with E-state index in [2.05, 4.69) is 0 Å². The first-order chi connectivity index (χ1) is 7.71. The van der Waals surface area contributed by atoms with Crippen LogP contribution in [0.25, 0.3) is 0 Å². The summed E-state index contributed by atoms with van der Waals surface area (Å²) in [4.78, 5) is 11.4. The van der Waals surface area contributed by atoms with E-state index >= 15 is 0 Å². The van der Waals surface area contributed by atoms with Crippen molar-refractivity contribution in [3.05, 3.63) is 0 Å². The van der Waals surface area contributed by atoms with Crippen LogP contribution in [0.15, 0.2) is 0 Å². The zero-order valence-corrected chi connectivity index (χ0v) is 8.51. The van der Waals surface area contributed by atoms with Crippen LogP contribution in [0, 0.1) is 0 Å². The molecular formula is C8H10F5NO3. The maximum Gasteiger partial charge on any atom is 0.463 e. The molecule has 0 saturated carbocycles. The summed E-state index contributed by atoms with van der Waals surface area (Å²) in [5.41, 5.74) is 0. The van der Waals surface area contributed by atoms with Crippen molar-refractivity contribution < 1.29 is 36.6 Å². The first kappa shape index (κ1) is 14.1. The number of hydrogen-bond acceptors (Lipinski definition) is 3. The van der Waals surface area contributed by atoms with Crippen molar-refractivity contribution in [1.82, 2.24) is 4.90 Å². The summed E-state index contributed by atoms with van der Waals surface area (Å²) in [7, 11) is 0. The van der Waals surface area contributed by atoms with Gasteiger partial charge in [0.2, 0.25) is 0 Å². The molecule has 0 bridgehead atoms. The first-order valence-electron chi connectivity index (χ1n) is 4.66. The smallest absolute Gasteiger partial charge is 0.394 e. The van der Waals surface area contributed by atoms with Crippen molar-refractivity contribution in [3.8, 4) is 0 Å². The molecule has 0 spiro atoms. The Morgan fingerprint density at radius 2 is 1.94 bits per heavy atom. The van der Waals surface area contributed by atoms with Gasteiger partial charge in [0, 0.05) is 6.54 Å². The zero-order chi connectivity index (χ0) is 13.3. The summed E-state index contributed by atoms with van der Waals surface area (Å²) < 4.78 is 66.3. The number of halogens is 5. The van der Waals surface area contributed by atoms with E-state index in [1.807, 2.05) is 0 Å². The van der Waals surface area contributed by atoms with Gasteiger partial charge in [-0.05, 0) is 0 Å². The van der Waals surface area contributed by atoms with E-state index in [9.17, 15) is 26.7 Å². The fraction of sp³-hybridized carbons (Fsp3) is 0.875. The van der Waals surface area contributed by atoms with Gasteiger partial charge < -0.3 is 14.7 Å². The number of alkyl halides is 5. The Labute approximate surface area is 92.9 Å². The van der Waals surface area contributed by atoms with Gasteiger partial charge in [0.05, 0.1) is 25.9 Å². The maximum absolute atomic E-state index is 12.8. The molecule has 17 heavy (non-hydrogen) atoms. The van der Waals surface area contributed by atoms with Gasteiger partial charge in [-0.2, -0.15) is 22.0 Å². The van der Waals surface area contributed by atoms with Gasteiger partial charge in [-0.25, -0.2) is 0 Å². The Balaban J connectivity index is 2.87. The van der Waals surface area contributed by atoms with Crippen LogP contribution in [0.4, 0.5) is 22.0 Å². The predicted octanol–water partition coefficient (Wildman–Crippen LogP) is 0.404. The number of nitrogens with zero attached hydrogens (tertiary/aromatic N) is 1. The van der Waals surface area contributed by atoms with Crippen LogP contribution in [-0.4, -0.2) is 60.4 Å². The number of amides is 1. The highest BCUT2D eigenvalue weighted by molar-refractivity contribution is 5.84. The monoisotopic (exact) mass is 263 g/mol. The third-order valence-electron chi connectivity index (χ3n) is 2.32. The summed E-state index contributed by atoms with van der Waals surface area (Å²) in [6.07, 6.45) is -5.94. The summed E-state index contributed by atoms with van der Waals surface area (Å²) >= 11 is 0. The van der Waals surface area contributed by atoms with Gasteiger partial charge in [0.1, 0.15) is 0 Å². The molecule has 1 fully saturated rings. The largest absolute Gasteiger partial charge is 0.463 e. The van der Waals surface area contributed by atoms with Crippen molar-refractivity contribution in [2.24, 2.45) is 0 Å². The lowest BCUT2D eigenvalue weighted by Crippen LogP contribution is -2.59. The second-order valence-electron chi connectivity index (χ2n) is 3.48. The van der Waals surface area contributed by atoms with Gasteiger partial charge in [-0.1, -0.05) is 0 Å². The Morgan fingerprint density at radius 3 is 2.41 bits per heavy atom. The van der Waals surface area contributed by atoms with Crippen molar-refractivity contribution in [3.63, 3.8) is 0 Å². The number of carbonyl (C=O) groups is 1. The first-order valence-corrected chi connectivity index (χ1v) is 4.66. The van der Waals surface area contributed by atoms with Crippen molar-refractivity contribution in [2.75, 3.05) is 26.4 Å². The highest BCUT2D eigenvalue weighted by Crippen LogP contribution is 2.37. The van der Waals surface area contributed by atoms with Gasteiger partial charge in [-0.15, -0.1) is 0 Å². The van der Waals surface area contributed by atoms with Crippen LogP contribution < -0.4 is 0 Å². The molecule has 1 unspecified atom stereocenters. The molecule has 4 nitrogen and oxygen atoms in total. The summed E-state index contributed by atoms with van der Waals surface area (Å²) in [6.45, 7) is -1.55. The lowest BCUT2D eigenvalue weighted by atomic mass is 10.2. The molecule has 1 saturated heterocycles. The van der Waals surface area contributed by atoms with Crippen molar-refractivity contribution in [1.29, 1.82) is 0 Å². The summed E-state index contributed by atoms with van der Waals surface area (Å²) in [5, 5.41) is 8.78. The molecule has 0 aromatic carbocycles. The Bertz CT molecular complexity index is 293. The number of hydrogen-bond donors (Lipinski definition) is 1. The van der Waals surface area contributed by atoms with E-state index in [0.717, 1.165) is 0 Å². The zero-order valence-electron chi connectivity index (χ0n) is 8.51. The number of morpholine rings is 1. The van der Waals surface area contributed by atoms with Crippen LogP contribution in [0.1, 0.15) is 0 Å².